The van der Waals surface area contributed by atoms with E-state index in [-0.39, 0.29) is 11.9 Å². The van der Waals surface area contributed by atoms with Gasteiger partial charge in [-0.25, -0.2) is 4.79 Å². The Kier molecular flexibility index (Phi) is 7.50. The minimum absolute atomic E-state index is 0.295. The van der Waals surface area contributed by atoms with E-state index in [0.29, 0.717) is 29.5 Å². The minimum atomic E-state index is -0.364. The molecule has 1 aromatic carbocycles. The quantitative estimate of drug-likeness (QED) is 0.415. The highest BCUT2D eigenvalue weighted by atomic mass is 79.9. The van der Waals surface area contributed by atoms with Crippen LogP contribution in [0.2, 0.25) is 0 Å². The first-order chi connectivity index (χ1) is 14.0. The molecule has 0 saturated heterocycles. The molecule has 0 saturated carbocycles. The lowest BCUT2D eigenvalue weighted by Crippen LogP contribution is -2.14. The van der Waals surface area contributed by atoms with Gasteiger partial charge in [-0.2, -0.15) is 0 Å². The van der Waals surface area contributed by atoms with E-state index >= 15 is 0 Å². The van der Waals surface area contributed by atoms with Crippen molar-refractivity contribution < 1.29 is 19.1 Å². The molecule has 2 aromatic rings. The van der Waals surface area contributed by atoms with E-state index in [0.717, 1.165) is 41.3 Å². The standard InChI is InChI=1S/C22H24BrNO4S/c1-3-27-17-11-10-15(23)13-14(17)9-12-19(25)24-21-20(22(26)28-4-2)16-7-5-6-8-18(16)29-21/h9-13H,3-8H2,1-2H3,(H,24,25)/b12-9+. The fraction of sp³-hybridized carbons (Fsp3) is 0.364. The summed E-state index contributed by atoms with van der Waals surface area (Å²) >= 11 is 4.92. The molecule has 29 heavy (non-hydrogen) atoms. The summed E-state index contributed by atoms with van der Waals surface area (Å²) in [7, 11) is 0. The number of rotatable bonds is 7. The van der Waals surface area contributed by atoms with Crippen LogP contribution in [0.25, 0.3) is 6.08 Å². The maximum absolute atomic E-state index is 12.6. The molecule has 1 aromatic heterocycles. The number of aryl methyl sites for hydroxylation is 1. The molecule has 1 aliphatic carbocycles. The molecule has 1 aliphatic rings. The lowest BCUT2D eigenvalue weighted by molar-refractivity contribution is -0.111. The summed E-state index contributed by atoms with van der Waals surface area (Å²) in [5.74, 6) is 0.0481. The molecule has 1 amide bonds. The Morgan fingerprint density at radius 1 is 1.21 bits per heavy atom. The second-order valence-corrected chi connectivity index (χ2v) is 8.59. The predicted molar refractivity (Wildman–Crippen MR) is 120 cm³/mol. The molecule has 0 spiro atoms. The molecule has 0 unspecified atom stereocenters. The third-order valence-electron chi connectivity index (χ3n) is 4.57. The number of thiophene rings is 1. The third kappa shape index (κ3) is 5.28. The molecule has 0 atom stereocenters. The van der Waals surface area contributed by atoms with Crippen molar-refractivity contribution in [3.05, 3.63) is 50.3 Å². The SMILES string of the molecule is CCOC(=O)c1c(NC(=O)/C=C/c2cc(Br)ccc2OCC)sc2c1CCCC2. The number of fused-ring (bicyclic) bond motifs is 1. The number of hydrogen-bond acceptors (Lipinski definition) is 5. The molecule has 154 valence electrons. The summed E-state index contributed by atoms with van der Waals surface area (Å²) in [6, 6.07) is 5.64. The largest absolute Gasteiger partial charge is 0.493 e. The second-order valence-electron chi connectivity index (χ2n) is 6.57. The number of ether oxygens (including phenoxy) is 2. The molecule has 0 aliphatic heterocycles. The number of amides is 1. The van der Waals surface area contributed by atoms with Crippen LogP contribution in [0.1, 0.15) is 53.1 Å². The van der Waals surface area contributed by atoms with E-state index in [1.165, 1.54) is 22.3 Å². The van der Waals surface area contributed by atoms with Crippen molar-refractivity contribution >= 4 is 50.2 Å². The number of carbonyl (C=O) groups is 2. The van der Waals surface area contributed by atoms with Crippen molar-refractivity contribution in [3.8, 4) is 5.75 Å². The Hall–Kier alpha value is -2.12. The second kappa shape index (κ2) is 10.1. The number of anilines is 1. The van der Waals surface area contributed by atoms with Gasteiger partial charge in [-0.05, 0) is 69.4 Å². The van der Waals surface area contributed by atoms with Gasteiger partial charge in [0.05, 0.1) is 18.8 Å². The van der Waals surface area contributed by atoms with Crippen molar-refractivity contribution in [1.29, 1.82) is 0 Å². The Morgan fingerprint density at radius 3 is 2.76 bits per heavy atom. The van der Waals surface area contributed by atoms with Crippen molar-refractivity contribution in [3.63, 3.8) is 0 Å². The topological polar surface area (TPSA) is 64.6 Å². The fourth-order valence-electron chi connectivity index (χ4n) is 3.33. The highest BCUT2D eigenvalue weighted by molar-refractivity contribution is 9.10. The Bertz CT molecular complexity index is 935. The maximum atomic E-state index is 12.6. The van der Waals surface area contributed by atoms with E-state index in [1.807, 2.05) is 25.1 Å². The van der Waals surface area contributed by atoms with Gasteiger partial charge in [-0.3, -0.25) is 4.79 Å². The molecule has 7 heteroatoms. The van der Waals surface area contributed by atoms with Gasteiger partial charge in [0.25, 0.3) is 0 Å². The van der Waals surface area contributed by atoms with E-state index in [2.05, 4.69) is 21.2 Å². The van der Waals surface area contributed by atoms with Crippen LogP contribution in [0.3, 0.4) is 0 Å². The van der Waals surface area contributed by atoms with E-state index in [9.17, 15) is 9.59 Å². The van der Waals surface area contributed by atoms with Crippen LogP contribution in [0.5, 0.6) is 5.75 Å². The highest BCUT2D eigenvalue weighted by Gasteiger charge is 2.26. The smallest absolute Gasteiger partial charge is 0.341 e. The van der Waals surface area contributed by atoms with E-state index in [4.69, 9.17) is 9.47 Å². The number of hydrogen-bond donors (Lipinski definition) is 1. The van der Waals surface area contributed by atoms with Crippen LogP contribution in [0.4, 0.5) is 5.00 Å². The Morgan fingerprint density at radius 2 is 2.00 bits per heavy atom. The number of nitrogens with one attached hydrogen (secondary N) is 1. The predicted octanol–water partition coefficient (Wildman–Crippen LogP) is 5.62. The normalized spacial score (nSPS) is 13.2. The molecule has 3 rings (SSSR count). The lowest BCUT2D eigenvalue weighted by Gasteiger charge is -2.12. The lowest BCUT2D eigenvalue weighted by atomic mass is 9.95. The number of esters is 1. The average molecular weight is 478 g/mol. The van der Waals surface area contributed by atoms with Crippen molar-refractivity contribution in [2.75, 3.05) is 18.5 Å². The third-order valence-corrected chi connectivity index (χ3v) is 6.27. The van der Waals surface area contributed by atoms with Crippen molar-refractivity contribution in [2.24, 2.45) is 0 Å². The van der Waals surface area contributed by atoms with Gasteiger partial charge < -0.3 is 14.8 Å². The number of halogens is 1. The van der Waals surface area contributed by atoms with Gasteiger partial charge in [-0.1, -0.05) is 15.9 Å². The summed E-state index contributed by atoms with van der Waals surface area (Å²) in [6.45, 7) is 4.54. The van der Waals surface area contributed by atoms with Crippen molar-refractivity contribution in [2.45, 2.75) is 39.5 Å². The molecule has 0 bridgehead atoms. The molecule has 5 nitrogen and oxygen atoms in total. The monoisotopic (exact) mass is 477 g/mol. The van der Waals surface area contributed by atoms with Gasteiger partial charge in [0.15, 0.2) is 0 Å². The van der Waals surface area contributed by atoms with Crippen LogP contribution < -0.4 is 10.1 Å². The summed E-state index contributed by atoms with van der Waals surface area (Å²) in [6.07, 6.45) is 7.11. The van der Waals surface area contributed by atoms with Gasteiger partial charge in [0.1, 0.15) is 10.8 Å². The first-order valence-electron chi connectivity index (χ1n) is 9.76. The minimum Gasteiger partial charge on any atom is -0.493 e. The van der Waals surface area contributed by atoms with E-state index in [1.54, 1.807) is 13.0 Å². The zero-order chi connectivity index (χ0) is 20.8. The summed E-state index contributed by atoms with van der Waals surface area (Å²) in [4.78, 5) is 26.3. The fourth-order valence-corrected chi connectivity index (χ4v) is 4.99. The van der Waals surface area contributed by atoms with Crippen LogP contribution in [-0.4, -0.2) is 25.1 Å². The summed E-state index contributed by atoms with van der Waals surface area (Å²) in [5, 5.41) is 3.46. The first kappa shape index (κ1) is 21.6. The van der Waals surface area contributed by atoms with Gasteiger partial charge in [0.2, 0.25) is 5.91 Å². The van der Waals surface area contributed by atoms with Crippen LogP contribution in [0.15, 0.2) is 28.7 Å². The van der Waals surface area contributed by atoms with Crippen LogP contribution in [-0.2, 0) is 22.4 Å². The van der Waals surface area contributed by atoms with Gasteiger partial charge >= 0.3 is 5.97 Å². The Labute approximate surface area is 183 Å². The average Bonchev–Trinajstić information content (AvgIpc) is 3.06. The molecule has 0 radical (unpaired) electrons. The van der Waals surface area contributed by atoms with E-state index < -0.39 is 0 Å². The zero-order valence-electron chi connectivity index (χ0n) is 16.5. The first-order valence-corrected chi connectivity index (χ1v) is 11.4. The maximum Gasteiger partial charge on any atom is 0.341 e. The van der Waals surface area contributed by atoms with Crippen molar-refractivity contribution in [1.82, 2.24) is 0 Å². The van der Waals surface area contributed by atoms with Gasteiger partial charge in [0, 0.05) is 21.0 Å². The molecule has 1 heterocycles. The summed E-state index contributed by atoms with van der Waals surface area (Å²) < 4.78 is 11.7. The molecular formula is C22H24BrNO4S. The van der Waals surface area contributed by atoms with Crippen LogP contribution >= 0.6 is 27.3 Å². The number of benzene rings is 1. The Balaban J connectivity index is 1.82. The van der Waals surface area contributed by atoms with Crippen LogP contribution in [0, 0.1) is 0 Å². The molecule has 0 fully saturated rings. The molecule has 1 N–H and O–H groups in total. The molecular weight excluding hydrogens is 454 g/mol. The van der Waals surface area contributed by atoms with Gasteiger partial charge in [-0.15, -0.1) is 11.3 Å². The summed E-state index contributed by atoms with van der Waals surface area (Å²) in [5.41, 5.74) is 2.35. The zero-order valence-corrected chi connectivity index (χ0v) is 19.0. The highest BCUT2D eigenvalue weighted by Crippen LogP contribution is 2.38. The number of carbonyl (C=O) groups excluding carboxylic acids is 2.